The van der Waals surface area contributed by atoms with Crippen LogP contribution in [0.15, 0.2) is 96.2 Å². The van der Waals surface area contributed by atoms with E-state index in [9.17, 15) is 35.6 Å². The number of hydrogen-bond acceptors (Lipinski definition) is 9. The van der Waals surface area contributed by atoms with Crippen LogP contribution in [0.25, 0.3) is 10.5 Å². The second-order valence-electron chi connectivity index (χ2n) is 12.1. The Balaban J connectivity index is 0.000000294. The van der Waals surface area contributed by atoms with E-state index in [1.807, 2.05) is 13.8 Å². The van der Waals surface area contributed by atoms with Gasteiger partial charge >= 0.3 is 17.3 Å². The Bertz CT molecular complexity index is 2150. The van der Waals surface area contributed by atoms with Crippen LogP contribution in [0.2, 0.25) is 0 Å². The predicted octanol–water partition coefficient (Wildman–Crippen LogP) is 8.34. The lowest BCUT2D eigenvalue weighted by atomic mass is 10.1. The molecule has 0 spiro atoms. The molecule has 1 heterocycles. The van der Waals surface area contributed by atoms with Gasteiger partial charge in [-0.2, -0.15) is 0 Å². The Hall–Kier alpha value is -5.79. The first-order valence-corrected chi connectivity index (χ1v) is 18.5. The molecule has 0 bridgehead atoms. The molecule has 0 aliphatic rings. The number of benzene rings is 3. The molecule has 4 aromatic rings. The number of aromatic nitrogens is 2. The fourth-order valence-electron chi connectivity index (χ4n) is 4.62. The van der Waals surface area contributed by atoms with E-state index >= 15 is 0 Å². The maximum atomic E-state index is 13.4. The molecule has 0 amide bonds. The Labute approximate surface area is 324 Å². The van der Waals surface area contributed by atoms with Gasteiger partial charge in [0.25, 0.3) is 9.84 Å². The number of nitrogens with one attached hydrogen (secondary N) is 1. The molecule has 1 aromatic heterocycles. The van der Waals surface area contributed by atoms with Gasteiger partial charge in [0.2, 0.25) is 6.23 Å². The van der Waals surface area contributed by atoms with E-state index in [0.717, 1.165) is 35.4 Å². The number of methoxy groups -OCH3 is 1. The number of imidazole rings is 1. The normalized spacial score (nSPS) is 11.7. The Kier molecular flexibility index (Phi) is 18.2. The highest BCUT2D eigenvalue weighted by Crippen LogP contribution is 2.23. The quantitative estimate of drug-likeness (QED) is 0.0440. The molecule has 0 aliphatic carbocycles. The molecule has 0 aliphatic heterocycles. The maximum Gasteiger partial charge on any atom is 0.357 e. The lowest BCUT2D eigenvalue weighted by molar-refractivity contribution is -0.153. The van der Waals surface area contributed by atoms with Crippen molar-refractivity contribution in [2.75, 3.05) is 25.6 Å². The SMILES string of the molecule is C=C(C)Cc1ncn(-c2ccc(F)c(F)c2)c1C(=O)OCC.CCOC(=O)C(Nc1ccc(F)c(F)c1)OC.[C-]#[N+]C(CC(=C)C)S(=O)(=O)c1ccc(C)cc1. The number of hydrogen-bond donors (Lipinski definition) is 1. The number of aryl methyl sites for hydroxylation is 1. The fraction of sp³-hybridized carbons (Fsp3) is 0.300. The zero-order valence-electron chi connectivity index (χ0n) is 31.9. The van der Waals surface area contributed by atoms with Gasteiger partial charge in [-0.1, -0.05) is 42.0 Å². The van der Waals surface area contributed by atoms with Crippen molar-refractivity contribution >= 4 is 27.5 Å². The van der Waals surface area contributed by atoms with Crippen LogP contribution >= 0.6 is 0 Å². The second-order valence-corrected chi connectivity index (χ2v) is 14.2. The van der Waals surface area contributed by atoms with Crippen LogP contribution in [-0.2, 0) is 35.3 Å². The van der Waals surface area contributed by atoms with E-state index < -0.39 is 56.6 Å². The highest BCUT2D eigenvalue weighted by Gasteiger charge is 2.32. The Morgan fingerprint density at radius 1 is 0.893 bits per heavy atom. The lowest BCUT2D eigenvalue weighted by Crippen LogP contribution is -2.33. The van der Waals surface area contributed by atoms with Crippen LogP contribution in [-0.4, -0.2) is 61.8 Å². The minimum atomic E-state index is -3.58. The number of carbonyl (C=O) groups is 2. The molecular formula is C40H44F4N4O7S. The first-order valence-electron chi connectivity index (χ1n) is 17.0. The van der Waals surface area contributed by atoms with E-state index in [1.54, 1.807) is 45.0 Å². The fourth-order valence-corrected chi connectivity index (χ4v) is 6.10. The number of carbonyl (C=O) groups excluding carboxylic acids is 2. The van der Waals surface area contributed by atoms with Crippen LogP contribution in [0.4, 0.5) is 23.2 Å². The van der Waals surface area contributed by atoms with Crippen molar-refractivity contribution in [1.82, 2.24) is 9.55 Å². The monoisotopic (exact) mass is 800 g/mol. The van der Waals surface area contributed by atoms with Crippen LogP contribution in [0.3, 0.4) is 0 Å². The number of nitrogens with zero attached hydrogens (tertiary/aromatic N) is 3. The summed E-state index contributed by atoms with van der Waals surface area (Å²) in [5, 5.41) is 1.51. The molecule has 1 N–H and O–H groups in total. The predicted molar refractivity (Wildman–Crippen MR) is 204 cm³/mol. The molecule has 0 saturated heterocycles. The van der Waals surface area contributed by atoms with Crippen molar-refractivity contribution in [2.24, 2.45) is 0 Å². The van der Waals surface area contributed by atoms with Gasteiger partial charge in [0.15, 0.2) is 29.0 Å². The molecule has 4 rings (SSSR count). The summed E-state index contributed by atoms with van der Waals surface area (Å²) >= 11 is 0. The number of halogens is 4. The van der Waals surface area contributed by atoms with Crippen molar-refractivity contribution in [3.63, 3.8) is 0 Å². The van der Waals surface area contributed by atoms with Crippen molar-refractivity contribution < 1.29 is 49.8 Å². The minimum Gasteiger partial charge on any atom is -0.463 e. The molecule has 0 radical (unpaired) electrons. The molecule has 2 unspecified atom stereocenters. The number of rotatable bonds is 14. The third kappa shape index (κ3) is 13.5. The average Bonchev–Trinajstić information content (AvgIpc) is 3.55. The third-order valence-corrected chi connectivity index (χ3v) is 9.21. The Morgan fingerprint density at radius 3 is 1.98 bits per heavy atom. The molecular weight excluding hydrogens is 757 g/mol. The summed E-state index contributed by atoms with van der Waals surface area (Å²) in [6.45, 7) is 23.6. The molecule has 0 saturated carbocycles. The largest absolute Gasteiger partial charge is 0.463 e. The second kappa shape index (κ2) is 21.9. The van der Waals surface area contributed by atoms with Gasteiger partial charge in [-0.25, -0.2) is 47.1 Å². The van der Waals surface area contributed by atoms with E-state index in [4.69, 9.17) is 20.8 Å². The summed E-state index contributed by atoms with van der Waals surface area (Å²) in [6.07, 6.45) is 0.904. The average molecular weight is 801 g/mol. The van der Waals surface area contributed by atoms with Gasteiger partial charge in [-0.05, 0) is 71.0 Å². The van der Waals surface area contributed by atoms with Crippen molar-refractivity contribution in [1.29, 1.82) is 0 Å². The van der Waals surface area contributed by atoms with Crippen LogP contribution < -0.4 is 5.32 Å². The van der Waals surface area contributed by atoms with Crippen LogP contribution in [0.5, 0.6) is 0 Å². The molecule has 11 nitrogen and oxygen atoms in total. The topological polar surface area (TPSA) is 130 Å². The Morgan fingerprint density at radius 2 is 1.48 bits per heavy atom. The summed E-state index contributed by atoms with van der Waals surface area (Å²) in [7, 11) is -2.28. The van der Waals surface area contributed by atoms with E-state index in [1.165, 1.54) is 30.1 Å². The first kappa shape index (κ1) is 46.4. The third-order valence-electron chi connectivity index (χ3n) is 7.29. The van der Waals surface area contributed by atoms with Crippen molar-refractivity contribution in [2.45, 2.75) is 64.0 Å². The molecule has 0 fully saturated rings. The van der Waals surface area contributed by atoms with E-state index in [2.05, 4.69) is 28.3 Å². The summed E-state index contributed by atoms with van der Waals surface area (Å²) in [6, 6.07) is 13.1. The minimum absolute atomic E-state index is 0.180. The highest BCUT2D eigenvalue weighted by molar-refractivity contribution is 7.92. The van der Waals surface area contributed by atoms with Crippen LogP contribution in [0.1, 0.15) is 55.9 Å². The number of esters is 2. The van der Waals surface area contributed by atoms with Crippen LogP contribution in [0, 0.1) is 36.8 Å². The first-order chi connectivity index (χ1) is 26.4. The van der Waals surface area contributed by atoms with Gasteiger partial charge in [0.1, 0.15) is 6.33 Å². The van der Waals surface area contributed by atoms with Gasteiger partial charge < -0.3 is 19.5 Å². The lowest BCUT2D eigenvalue weighted by Gasteiger charge is -2.16. The molecule has 300 valence electrons. The summed E-state index contributed by atoms with van der Waals surface area (Å²) in [5.41, 5.74) is 3.70. The van der Waals surface area contributed by atoms with Gasteiger partial charge in [0.05, 0.1) is 35.9 Å². The van der Waals surface area contributed by atoms with E-state index in [-0.39, 0.29) is 35.9 Å². The van der Waals surface area contributed by atoms with Gasteiger partial charge in [0, 0.05) is 31.4 Å². The van der Waals surface area contributed by atoms with Gasteiger partial charge in [-0.15, -0.1) is 0 Å². The smallest absolute Gasteiger partial charge is 0.357 e. The highest BCUT2D eigenvalue weighted by atomic mass is 32.2. The standard InChI is InChI=1S/C16H16F2N2O2.C13H15NO2S.C11H13F2NO3/c1-4-22-16(21)15-14(7-10(2)3)19-9-20(15)11-5-6-12(17)13(18)8-11;1-10(2)9-13(14-4)17(15,16)12-7-5-11(3)6-8-12;1-3-17-11(15)10(16-2)14-7-4-5-8(12)9(13)6-7/h5-6,8-9H,2,4,7H2,1,3H3;5-8,13H,1,9H2,2-3H3;4-6,10,14H,3H2,1-2H3. The summed E-state index contributed by atoms with van der Waals surface area (Å²) in [4.78, 5) is 31.1. The molecule has 3 aromatic carbocycles. The van der Waals surface area contributed by atoms with E-state index in [0.29, 0.717) is 23.4 Å². The molecule has 56 heavy (non-hydrogen) atoms. The number of anilines is 1. The summed E-state index contributed by atoms with van der Waals surface area (Å²) in [5.74, 6) is -5.11. The number of ether oxygens (including phenoxy) is 3. The molecule has 16 heteroatoms. The van der Waals surface area contributed by atoms with Crippen molar-refractivity contribution in [3.05, 3.63) is 143 Å². The zero-order valence-corrected chi connectivity index (χ0v) is 32.7. The molecule has 2 atom stereocenters. The number of sulfone groups is 1. The number of allylic oxidation sites excluding steroid dienone is 1. The summed E-state index contributed by atoms with van der Waals surface area (Å²) < 4.78 is 92.4. The maximum absolute atomic E-state index is 13.4. The van der Waals surface area contributed by atoms with Crippen molar-refractivity contribution in [3.8, 4) is 5.69 Å². The zero-order chi connectivity index (χ0) is 42.2. The van der Waals surface area contributed by atoms with Gasteiger partial charge in [-0.3, -0.25) is 9.41 Å².